The van der Waals surface area contributed by atoms with Crippen LogP contribution < -0.4 is 5.32 Å². The SMILES string of the molecule is Cn1c(SCC(=O)Nc2cc(C(F)(F)F)ccc2Cl)nnc1-c1cccs1. The van der Waals surface area contributed by atoms with E-state index in [1.54, 1.807) is 11.6 Å². The highest BCUT2D eigenvalue weighted by molar-refractivity contribution is 7.99. The molecule has 0 atom stereocenters. The number of amides is 1. The summed E-state index contributed by atoms with van der Waals surface area (Å²) in [6.45, 7) is 0. The minimum Gasteiger partial charge on any atom is -0.324 e. The van der Waals surface area contributed by atoms with Crippen molar-refractivity contribution in [1.82, 2.24) is 14.8 Å². The normalized spacial score (nSPS) is 11.6. The van der Waals surface area contributed by atoms with Gasteiger partial charge in [0, 0.05) is 7.05 Å². The van der Waals surface area contributed by atoms with E-state index in [4.69, 9.17) is 11.6 Å². The van der Waals surface area contributed by atoms with E-state index >= 15 is 0 Å². The second-order valence-corrected chi connectivity index (χ2v) is 7.67. The number of carbonyl (C=O) groups excluding carboxylic acids is 1. The maximum absolute atomic E-state index is 12.8. The van der Waals surface area contributed by atoms with Gasteiger partial charge in [-0.2, -0.15) is 13.2 Å². The number of alkyl halides is 3. The van der Waals surface area contributed by atoms with Gasteiger partial charge in [0.25, 0.3) is 0 Å². The van der Waals surface area contributed by atoms with Gasteiger partial charge in [-0.25, -0.2) is 0 Å². The maximum Gasteiger partial charge on any atom is 0.416 e. The Hall–Kier alpha value is -2.04. The maximum atomic E-state index is 12.8. The van der Waals surface area contributed by atoms with Crippen molar-refractivity contribution >= 4 is 46.3 Å². The van der Waals surface area contributed by atoms with Crippen molar-refractivity contribution in [3.05, 3.63) is 46.3 Å². The Morgan fingerprint density at radius 3 is 2.78 bits per heavy atom. The zero-order valence-electron chi connectivity index (χ0n) is 13.7. The molecule has 0 radical (unpaired) electrons. The molecule has 0 bridgehead atoms. The van der Waals surface area contributed by atoms with Crippen LogP contribution in [0, 0.1) is 0 Å². The topological polar surface area (TPSA) is 59.8 Å². The first-order valence-corrected chi connectivity index (χ1v) is 9.72. The molecule has 1 N–H and O–H groups in total. The number of hydrogen-bond acceptors (Lipinski definition) is 5. The fourth-order valence-corrected chi connectivity index (χ4v) is 3.79. The highest BCUT2D eigenvalue weighted by Crippen LogP contribution is 2.34. The minimum atomic E-state index is -4.52. The van der Waals surface area contributed by atoms with E-state index in [9.17, 15) is 18.0 Å². The lowest BCUT2D eigenvalue weighted by Gasteiger charge is -2.11. The number of anilines is 1. The molecule has 2 aromatic heterocycles. The Morgan fingerprint density at radius 2 is 2.11 bits per heavy atom. The molecule has 2 heterocycles. The number of aromatic nitrogens is 3. The number of thioether (sulfide) groups is 1. The van der Waals surface area contributed by atoms with Gasteiger partial charge in [-0.3, -0.25) is 4.79 Å². The third kappa shape index (κ3) is 4.63. The van der Waals surface area contributed by atoms with Crippen LogP contribution in [0.25, 0.3) is 10.7 Å². The van der Waals surface area contributed by atoms with E-state index in [1.807, 2.05) is 17.5 Å². The summed E-state index contributed by atoms with van der Waals surface area (Å²) in [4.78, 5) is 13.1. The Balaban J connectivity index is 1.66. The number of rotatable bonds is 5. The van der Waals surface area contributed by atoms with Crippen molar-refractivity contribution in [3.8, 4) is 10.7 Å². The molecule has 0 aliphatic heterocycles. The van der Waals surface area contributed by atoms with Crippen molar-refractivity contribution in [2.45, 2.75) is 11.3 Å². The molecule has 27 heavy (non-hydrogen) atoms. The Kier molecular flexibility index (Phi) is 5.78. The van der Waals surface area contributed by atoms with Gasteiger partial charge in [-0.15, -0.1) is 21.5 Å². The number of nitrogens with one attached hydrogen (secondary N) is 1. The van der Waals surface area contributed by atoms with Crippen LogP contribution >= 0.6 is 34.7 Å². The molecule has 0 unspecified atom stereocenters. The van der Waals surface area contributed by atoms with E-state index in [1.165, 1.54) is 11.3 Å². The predicted octanol–water partition coefficient (Wildman–Crippen LogP) is 4.95. The monoisotopic (exact) mass is 432 g/mol. The van der Waals surface area contributed by atoms with Crippen LogP contribution in [0.3, 0.4) is 0 Å². The summed E-state index contributed by atoms with van der Waals surface area (Å²) >= 11 is 8.52. The van der Waals surface area contributed by atoms with Crippen LogP contribution in [0.1, 0.15) is 5.56 Å². The summed E-state index contributed by atoms with van der Waals surface area (Å²) < 4.78 is 40.1. The van der Waals surface area contributed by atoms with Gasteiger partial charge >= 0.3 is 6.18 Å². The van der Waals surface area contributed by atoms with E-state index in [2.05, 4.69) is 15.5 Å². The quantitative estimate of drug-likeness (QED) is 0.580. The van der Waals surface area contributed by atoms with Crippen molar-refractivity contribution < 1.29 is 18.0 Å². The fraction of sp³-hybridized carbons (Fsp3) is 0.188. The average Bonchev–Trinajstić information content (AvgIpc) is 3.23. The first kappa shape index (κ1) is 19.7. The number of benzene rings is 1. The largest absolute Gasteiger partial charge is 0.416 e. The molecule has 3 rings (SSSR count). The number of nitrogens with zero attached hydrogens (tertiary/aromatic N) is 3. The summed E-state index contributed by atoms with van der Waals surface area (Å²) in [6.07, 6.45) is -4.52. The predicted molar refractivity (Wildman–Crippen MR) is 100 cm³/mol. The van der Waals surface area contributed by atoms with Crippen molar-refractivity contribution in [2.75, 3.05) is 11.1 Å². The molecule has 11 heteroatoms. The lowest BCUT2D eigenvalue weighted by molar-refractivity contribution is -0.137. The van der Waals surface area contributed by atoms with Crippen LogP contribution in [0.4, 0.5) is 18.9 Å². The summed E-state index contributed by atoms with van der Waals surface area (Å²) in [6, 6.07) is 6.57. The Morgan fingerprint density at radius 1 is 1.33 bits per heavy atom. The van der Waals surface area contributed by atoms with Crippen molar-refractivity contribution in [1.29, 1.82) is 0 Å². The smallest absolute Gasteiger partial charge is 0.324 e. The Bertz CT molecular complexity index is 957. The summed E-state index contributed by atoms with van der Waals surface area (Å²) in [5, 5.41) is 13.0. The van der Waals surface area contributed by atoms with Crippen LogP contribution in [-0.2, 0) is 18.0 Å². The molecular weight excluding hydrogens is 421 g/mol. The molecule has 0 spiro atoms. The van der Waals surface area contributed by atoms with Gasteiger partial charge in [-0.1, -0.05) is 29.4 Å². The van der Waals surface area contributed by atoms with Crippen molar-refractivity contribution in [3.63, 3.8) is 0 Å². The zero-order chi connectivity index (χ0) is 19.6. The molecule has 0 saturated carbocycles. The van der Waals surface area contributed by atoms with Gasteiger partial charge < -0.3 is 9.88 Å². The molecular formula is C16H12ClF3N4OS2. The number of carbonyl (C=O) groups is 1. The first-order valence-electron chi connectivity index (χ1n) is 7.48. The van der Waals surface area contributed by atoms with Gasteiger partial charge in [-0.05, 0) is 29.6 Å². The van der Waals surface area contributed by atoms with Crippen LogP contribution in [0.5, 0.6) is 0 Å². The molecule has 1 amide bonds. The molecule has 0 saturated heterocycles. The van der Waals surface area contributed by atoms with Crippen LogP contribution in [0.2, 0.25) is 5.02 Å². The van der Waals surface area contributed by atoms with Gasteiger partial charge in [0.1, 0.15) is 0 Å². The van der Waals surface area contributed by atoms with E-state index in [0.29, 0.717) is 11.0 Å². The zero-order valence-corrected chi connectivity index (χ0v) is 16.1. The molecule has 142 valence electrons. The Labute approximate surface area is 165 Å². The summed E-state index contributed by atoms with van der Waals surface area (Å²) in [7, 11) is 1.78. The second-order valence-electron chi connectivity index (χ2n) is 5.37. The standard InChI is InChI=1S/C16H12ClF3N4OS2/c1-24-14(12-3-2-6-26-12)22-23-15(24)27-8-13(25)21-11-7-9(16(18,19)20)4-5-10(11)17/h2-7H,8H2,1H3,(H,21,25). The first-order chi connectivity index (χ1) is 12.8. The van der Waals surface area contributed by atoms with Crippen LogP contribution in [0.15, 0.2) is 40.9 Å². The lowest BCUT2D eigenvalue weighted by Crippen LogP contribution is -2.16. The second kappa shape index (κ2) is 7.91. The molecule has 3 aromatic rings. The van der Waals surface area contributed by atoms with E-state index in [0.717, 1.165) is 34.8 Å². The van der Waals surface area contributed by atoms with E-state index in [-0.39, 0.29) is 16.5 Å². The molecule has 1 aromatic carbocycles. The summed E-state index contributed by atoms with van der Waals surface area (Å²) in [5.41, 5.74) is -0.974. The number of hydrogen-bond donors (Lipinski definition) is 1. The fourth-order valence-electron chi connectivity index (χ4n) is 2.17. The minimum absolute atomic E-state index is 0.0278. The summed E-state index contributed by atoms with van der Waals surface area (Å²) in [5.74, 6) is 0.124. The molecule has 5 nitrogen and oxygen atoms in total. The van der Waals surface area contributed by atoms with Crippen molar-refractivity contribution in [2.24, 2.45) is 7.05 Å². The van der Waals surface area contributed by atoms with Gasteiger partial charge in [0.05, 0.1) is 26.9 Å². The number of halogens is 4. The van der Waals surface area contributed by atoms with Gasteiger partial charge in [0.2, 0.25) is 5.91 Å². The third-order valence-corrected chi connectivity index (χ3v) is 5.69. The average molecular weight is 433 g/mol. The van der Waals surface area contributed by atoms with Crippen LogP contribution in [-0.4, -0.2) is 26.4 Å². The highest BCUT2D eigenvalue weighted by atomic mass is 35.5. The number of thiophene rings is 1. The van der Waals surface area contributed by atoms with E-state index < -0.39 is 17.6 Å². The van der Waals surface area contributed by atoms with Gasteiger partial charge in [0.15, 0.2) is 11.0 Å². The molecule has 0 aliphatic rings. The molecule has 0 fully saturated rings. The molecule has 0 aliphatic carbocycles. The highest BCUT2D eigenvalue weighted by Gasteiger charge is 2.31. The third-order valence-electron chi connectivity index (χ3n) is 3.48. The lowest BCUT2D eigenvalue weighted by atomic mass is 10.2.